The molecule has 0 aliphatic rings. The van der Waals surface area contributed by atoms with Crippen LogP contribution < -0.4 is 66.7 Å². The van der Waals surface area contributed by atoms with E-state index in [1.807, 2.05) is 4.72 Å². The van der Waals surface area contributed by atoms with Crippen LogP contribution in [0.15, 0.2) is 24.3 Å². The number of hydrogen-bond acceptors (Lipinski definition) is 2. The minimum Gasteiger partial charge on any atom is -0.445 e. The third kappa shape index (κ3) is 5.66. The largest absolute Gasteiger partial charge is 1.00 e. The van der Waals surface area contributed by atoms with Gasteiger partial charge in [0.1, 0.15) is 0 Å². The maximum Gasteiger partial charge on any atom is 1.00 e. The van der Waals surface area contributed by atoms with Gasteiger partial charge in [-0.1, -0.05) is 12.1 Å². The van der Waals surface area contributed by atoms with Gasteiger partial charge in [0.05, 0.1) is 0 Å². The third-order valence-electron chi connectivity index (χ3n) is 1.55. The molecule has 0 spiro atoms. The van der Waals surface area contributed by atoms with E-state index < -0.39 is 22.6 Å². The Bertz CT molecular complexity index is 448. The van der Waals surface area contributed by atoms with Crippen LogP contribution in [0.4, 0.5) is 18.6 Å². The van der Waals surface area contributed by atoms with E-state index in [1.54, 1.807) is 0 Å². The van der Waals surface area contributed by atoms with Crippen molar-refractivity contribution in [1.82, 2.24) is 0 Å². The molecule has 0 fully saturated rings. The van der Waals surface area contributed by atoms with Gasteiger partial charge in [-0.05, 0) is 12.1 Å². The van der Waals surface area contributed by atoms with Crippen molar-refractivity contribution in [3.63, 3.8) is 0 Å². The molecule has 0 aliphatic carbocycles. The minimum atomic E-state index is -5.06. The van der Waals surface area contributed by atoms with Gasteiger partial charge in [0.25, 0.3) is 10.2 Å². The van der Waals surface area contributed by atoms with Crippen LogP contribution in [-0.4, -0.2) is 15.4 Å². The van der Waals surface area contributed by atoms with Crippen LogP contribution in [0.3, 0.4) is 0 Å². The Balaban J connectivity index is 0.00000225. The van der Waals surface area contributed by atoms with E-state index in [2.05, 4.69) is 5.14 Å². The quantitative estimate of drug-likeness (QED) is 0.593. The zero-order valence-corrected chi connectivity index (χ0v) is 12.3. The number of nitrogens with one attached hydrogen (secondary N) is 1. The molecule has 0 saturated carbocycles. The number of hydrogen-bond donors (Lipinski definition) is 2. The first-order valence-corrected chi connectivity index (χ1v) is 5.33. The second-order valence-corrected chi connectivity index (χ2v) is 4.14. The Kier molecular flexibility index (Phi) is 6.00. The van der Waals surface area contributed by atoms with E-state index in [1.165, 1.54) is 0 Å². The Morgan fingerprint density at radius 2 is 1.56 bits per heavy atom. The van der Waals surface area contributed by atoms with Gasteiger partial charge < -0.3 is 12.9 Å². The summed E-state index contributed by atoms with van der Waals surface area (Å²) in [6.07, 6.45) is 0. The van der Waals surface area contributed by atoms with E-state index in [4.69, 9.17) is 0 Å². The van der Waals surface area contributed by atoms with Gasteiger partial charge in [-0.2, -0.15) is 8.42 Å². The second kappa shape index (κ2) is 5.85. The molecule has 3 N–H and O–H groups in total. The minimum absolute atomic E-state index is 0. The summed E-state index contributed by atoms with van der Waals surface area (Å²) >= 11 is 0. The zero-order chi connectivity index (χ0) is 11.7. The topological polar surface area (TPSA) is 72.2 Å². The van der Waals surface area contributed by atoms with Crippen molar-refractivity contribution in [2.75, 3.05) is 4.72 Å². The molecule has 0 bridgehead atoms. The van der Waals surface area contributed by atoms with Gasteiger partial charge in [-0.15, -0.1) is 5.46 Å². The molecule has 0 aromatic heterocycles. The van der Waals surface area contributed by atoms with Crippen LogP contribution >= 0.6 is 0 Å². The van der Waals surface area contributed by atoms with Gasteiger partial charge in [-0.25, -0.2) is 5.14 Å². The molecule has 1 aromatic carbocycles. The summed E-state index contributed by atoms with van der Waals surface area (Å²) in [6.45, 7) is -5.06. The van der Waals surface area contributed by atoms with E-state index in [-0.39, 0.29) is 57.1 Å². The summed E-state index contributed by atoms with van der Waals surface area (Å²) in [5, 5.41) is 4.63. The van der Waals surface area contributed by atoms with Crippen LogP contribution in [0.25, 0.3) is 0 Å². The smallest absolute Gasteiger partial charge is 0.445 e. The molecule has 0 aliphatic heterocycles. The van der Waals surface area contributed by atoms with Crippen molar-refractivity contribution in [1.29, 1.82) is 0 Å². The van der Waals surface area contributed by atoms with Gasteiger partial charge in [0, 0.05) is 5.69 Å². The zero-order valence-electron chi connectivity index (χ0n) is 8.32. The number of benzene rings is 1. The second-order valence-electron chi connectivity index (χ2n) is 2.84. The Labute approximate surface area is 133 Å². The fourth-order valence-corrected chi connectivity index (χ4v) is 1.40. The van der Waals surface area contributed by atoms with Crippen LogP contribution in [0.2, 0.25) is 0 Å². The summed E-state index contributed by atoms with van der Waals surface area (Å²) in [5.74, 6) is 0. The summed E-state index contributed by atoms with van der Waals surface area (Å²) in [6, 6.07) is 3.56. The first-order valence-electron chi connectivity index (χ1n) is 3.79. The number of anilines is 1. The Morgan fingerprint density at radius 3 is 1.88 bits per heavy atom. The monoisotopic (exact) mass is 278 g/mol. The molecule has 0 amide bonds. The fourth-order valence-electron chi connectivity index (χ4n) is 0.934. The van der Waals surface area contributed by atoms with Gasteiger partial charge >= 0.3 is 58.4 Å². The van der Waals surface area contributed by atoms with Gasteiger partial charge in [0.15, 0.2) is 0 Å². The predicted molar refractivity (Wildman–Crippen MR) is 51.9 cm³/mol. The Hall–Kier alpha value is 0.421. The molecule has 84 valence electrons. The van der Waals surface area contributed by atoms with E-state index in [0.717, 1.165) is 24.3 Å². The molecule has 0 unspecified atom stereocenters. The first kappa shape index (κ1) is 16.4. The molecule has 4 nitrogen and oxygen atoms in total. The number of nitrogens with two attached hydrogens (primary N) is 1. The predicted octanol–water partition coefficient (Wildman–Crippen LogP) is -2.64. The standard InChI is InChI=1S/C6H7BF3N2O2S.K/c8-7(9,10)5-1-3-6(4-2-5)12-15(11,13)14;/h1-4,12H,(H2,11,13,14);/q-1;+1. The fraction of sp³-hybridized carbons (Fsp3) is 0. The third-order valence-corrected chi connectivity index (χ3v) is 2.07. The maximum absolute atomic E-state index is 12.2. The van der Waals surface area contributed by atoms with Crippen molar-refractivity contribution in [2.45, 2.75) is 0 Å². The average molecular weight is 278 g/mol. The molecule has 16 heavy (non-hydrogen) atoms. The molecule has 0 saturated heterocycles. The van der Waals surface area contributed by atoms with Gasteiger partial charge in [-0.3, -0.25) is 4.72 Å². The van der Waals surface area contributed by atoms with E-state index >= 15 is 0 Å². The van der Waals surface area contributed by atoms with Crippen LogP contribution in [0.5, 0.6) is 0 Å². The molecule has 0 atom stereocenters. The number of rotatable bonds is 3. The summed E-state index contributed by atoms with van der Waals surface area (Å²) in [7, 11) is -3.95. The van der Waals surface area contributed by atoms with Crippen LogP contribution in [-0.2, 0) is 10.2 Å². The summed E-state index contributed by atoms with van der Waals surface area (Å²) < 4.78 is 59.4. The van der Waals surface area contributed by atoms with Gasteiger partial charge in [0.2, 0.25) is 0 Å². The van der Waals surface area contributed by atoms with Crippen LogP contribution in [0.1, 0.15) is 0 Å². The normalized spacial score (nSPS) is 11.8. The Morgan fingerprint density at radius 1 is 1.12 bits per heavy atom. The SMILES string of the molecule is NS(=O)(=O)Nc1ccc([B-](F)(F)F)cc1.[K+]. The van der Waals surface area contributed by atoms with Crippen molar-refractivity contribution in [2.24, 2.45) is 5.14 Å². The van der Waals surface area contributed by atoms with Crippen molar-refractivity contribution < 1.29 is 72.7 Å². The van der Waals surface area contributed by atoms with Crippen LogP contribution in [0, 0.1) is 0 Å². The van der Waals surface area contributed by atoms with E-state index in [0.29, 0.717) is 0 Å². The molecular weight excluding hydrogens is 271 g/mol. The molecule has 0 heterocycles. The maximum atomic E-state index is 12.2. The van der Waals surface area contributed by atoms with Crippen molar-refractivity contribution in [3.05, 3.63) is 24.3 Å². The van der Waals surface area contributed by atoms with E-state index in [9.17, 15) is 21.4 Å². The summed E-state index contributed by atoms with van der Waals surface area (Å²) in [4.78, 5) is 0. The first-order chi connectivity index (χ1) is 6.68. The van der Waals surface area contributed by atoms with Crippen molar-refractivity contribution in [3.8, 4) is 0 Å². The summed E-state index contributed by atoms with van der Waals surface area (Å²) in [5.41, 5.74) is -0.809. The average Bonchev–Trinajstić information content (AvgIpc) is 2.00. The van der Waals surface area contributed by atoms with Crippen molar-refractivity contribution >= 4 is 28.3 Å². The molecular formula is C6H7BF3KN2O2S. The number of halogens is 3. The molecule has 1 rings (SSSR count). The molecule has 10 heteroatoms. The molecule has 0 radical (unpaired) electrons. The molecule has 1 aromatic rings.